The summed E-state index contributed by atoms with van der Waals surface area (Å²) in [6.45, 7) is 5.15. The van der Waals surface area contributed by atoms with Gasteiger partial charge in [-0.2, -0.15) is 0 Å². The van der Waals surface area contributed by atoms with E-state index in [1.165, 1.54) is 0 Å². The van der Waals surface area contributed by atoms with Crippen LogP contribution in [0.15, 0.2) is 54.6 Å². The number of para-hydroxylation sites is 1. The molecule has 1 saturated heterocycles. The molecule has 2 heterocycles. The number of aryl methyl sites for hydroxylation is 1. The molecule has 1 aliphatic carbocycles. The largest absolute Gasteiger partial charge is 0.344 e. The Bertz CT molecular complexity index is 1170. The molecule has 3 aliphatic rings. The lowest BCUT2D eigenvalue weighted by Crippen LogP contribution is -2.56. The lowest BCUT2D eigenvalue weighted by atomic mass is 9.79. The summed E-state index contributed by atoms with van der Waals surface area (Å²) in [5, 5.41) is 6.32. The Hall–Kier alpha value is -3.19. The number of rotatable bonds is 8. The minimum atomic E-state index is -0.541. The molecule has 2 aromatic rings. The van der Waals surface area contributed by atoms with Crippen molar-refractivity contribution in [3.8, 4) is 0 Å². The molecule has 2 aromatic carbocycles. The number of hydrogen-bond donors (Lipinski definition) is 2. The maximum absolute atomic E-state index is 13.7. The number of carbonyl (C=O) groups excluding carboxylic acids is 3. The van der Waals surface area contributed by atoms with E-state index in [2.05, 4.69) is 22.8 Å². The number of carbonyl (C=O) groups is 3. The summed E-state index contributed by atoms with van der Waals surface area (Å²) < 4.78 is 0. The third-order valence-electron chi connectivity index (χ3n) is 8.83. The second-order valence-corrected chi connectivity index (χ2v) is 11.6. The van der Waals surface area contributed by atoms with Crippen molar-refractivity contribution in [2.75, 3.05) is 25.0 Å². The van der Waals surface area contributed by atoms with Gasteiger partial charge in [-0.25, -0.2) is 0 Å². The maximum Gasteiger partial charge on any atom is 0.245 e. The van der Waals surface area contributed by atoms with Gasteiger partial charge in [-0.3, -0.25) is 14.4 Å². The molecule has 5 rings (SSSR count). The van der Waals surface area contributed by atoms with Gasteiger partial charge in [0.1, 0.15) is 6.04 Å². The Morgan fingerprint density at radius 1 is 1.00 bits per heavy atom. The first-order valence-corrected chi connectivity index (χ1v) is 14.0. The van der Waals surface area contributed by atoms with Crippen LogP contribution >= 0.6 is 0 Å². The Kier molecular flexibility index (Phi) is 7.57. The summed E-state index contributed by atoms with van der Waals surface area (Å²) in [6.07, 6.45) is 4.39. The van der Waals surface area contributed by atoms with Crippen LogP contribution in [0.25, 0.3) is 0 Å². The van der Waals surface area contributed by atoms with Crippen LogP contribution in [-0.2, 0) is 26.2 Å². The number of piperidine rings is 1. The van der Waals surface area contributed by atoms with E-state index < -0.39 is 11.5 Å². The van der Waals surface area contributed by atoms with Crippen LogP contribution in [0.3, 0.4) is 0 Å². The van der Waals surface area contributed by atoms with E-state index in [4.69, 9.17) is 0 Å². The monoisotopic (exact) mass is 516 g/mol. The maximum atomic E-state index is 13.7. The van der Waals surface area contributed by atoms with Crippen LogP contribution in [0.4, 0.5) is 5.69 Å². The van der Waals surface area contributed by atoms with Gasteiger partial charge in [0, 0.05) is 36.8 Å². The Labute approximate surface area is 226 Å². The van der Waals surface area contributed by atoms with Crippen molar-refractivity contribution in [3.05, 3.63) is 65.7 Å². The van der Waals surface area contributed by atoms with Crippen LogP contribution in [0.5, 0.6) is 0 Å². The highest BCUT2D eigenvalue weighted by Gasteiger charge is 2.47. The van der Waals surface area contributed by atoms with Crippen molar-refractivity contribution in [1.82, 2.24) is 15.5 Å². The minimum absolute atomic E-state index is 0.00861. The fourth-order valence-corrected chi connectivity index (χ4v) is 6.24. The number of likely N-dealkylation sites (tertiary alicyclic amines) is 1. The highest BCUT2D eigenvalue weighted by Crippen LogP contribution is 2.43. The standard InChI is InChI=1S/C31H40N4O3/c1-31(2)25-11-7-8-12-27(25)35(30(31)38)24-15-17-34(18-16-24)29(37)26(14-13-21-9-5-4-6-10-21)33-28(36)22-19-23(20-22)32-3/h4-12,22-24,26,32H,13-20H2,1-3H3,(H,33,36)/t22?,23?,26-/m0/s1. The van der Waals surface area contributed by atoms with Gasteiger partial charge in [-0.15, -0.1) is 0 Å². The molecule has 0 spiro atoms. The Balaban J connectivity index is 1.24. The predicted molar refractivity (Wildman–Crippen MR) is 149 cm³/mol. The molecule has 2 fully saturated rings. The SMILES string of the molecule is CNC1CC(C(=O)N[C@@H](CCc2ccccc2)C(=O)N2CCC(N3C(=O)C(C)(C)c4ccccc43)CC2)C1. The molecule has 1 atom stereocenters. The van der Waals surface area contributed by atoms with E-state index in [1.54, 1.807) is 0 Å². The van der Waals surface area contributed by atoms with Crippen LogP contribution in [0.2, 0.25) is 0 Å². The van der Waals surface area contributed by atoms with Crippen molar-refractivity contribution < 1.29 is 14.4 Å². The van der Waals surface area contributed by atoms with Gasteiger partial charge in [-0.05, 0) is 76.6 Å². The van der Waals surface area contributed by atoms with E-state index in [9.17, 15) is 14.4 Å². The van der Waals surface area contributed by atoms with E-state index in [0.717, 1.165) is 48.9 Å². The first-order chi connectivity index (χ1) is 18.3. The zero-order valence-electron chi connectivity index (χ0n) is 22.8. The van der Waals surface area contributed by atoms with Gasteiger partial charge in [0.15, 0.2) is 0 Å². The van der Waals surface area contributed by atoms with E-state index in [-0.39, 0.29) is 29.7 Å². The number of fused-ring (bicyclic) bond motifs is 1. The van der Waals surface area contributed by atoms with Crippen molar-refractivity contribution in [1.29, 1.82) is 0 Å². The molecule has 0 aromatic heterocycles. The van der Waals surface area contributed by atoms with Gasteiger partial charge < -0.3 is 20.4 Å². The van der Waals surface area contributed by atoms with Crippen molar-refractivity contribution in [3.63, 3.8) is 0 Å². The molecule has 1 saturated carbocycles. The molecule has 7 nitrogen and oxygen atoms in total. The second-order valence-electron chi connectivity index (χ2n) is 11.6. The van der Waals surface area contributed by atoms with Crippen molar-refractivity contribution >= 4 is 23.4 Å². The van der Waals surface area contributed by atoms with Gasteiger partial charge in [-0.1, -0.05) is 48.5 Å². The fraction of sp³-hybridized carbons (Fsp3) is 0.516. The average molecular weight is 517 g/mol. The molecule has 0 unspecified atom stereocenters. The van der Waals surface area contributed by atoms with Crippen LogP contribution in [0.1, 0.15) is 57.1 Å². The number of nitrogens with zero attached hydrogens (tertiary/aromatic N) is 2. The van der Waals surface area contributed by atoms with E-state index >= 15 is 0 Å². The summed E-state index contributed by atoms with van der Waals surface area (Å²) in [4.78, 5) is 43.9. The third-order valence-corrected chi connectivity index (χ3v) is 8.83. The quantitative estimate of drug-likeness (QED) is 0.564. The van der Waals surface area contributed by atoms with Crippen molar-refractivity contribution in [2.24, 2.45) is 5.92 Å². The molecule has 202 valence electrons. The fourth-order valence-electron chi connectivity index (χ4n) is 6.24. The lowest BCUT2D eigenvalue weighted by molar-refractivity contribution is -0.139. The molecule has 2 N–H and O–H groups in total. The van der Waals surface area contributed by atoms with Crippen molar-refractivity contribution in [2.45, 2.75) is 75.9 Å². The Morgan fingerprint density at radius 3 is 2.34 bits per heavy atom. The lowest BCUT2D eigenvalue weighted by Gasteiger charge is -2.39. The molecular weight excluding hydrogens is 476 g/mol. The predicted octanol–water partition coefficient (Wildman–Crippen LogP) is 3.42. The first kappa shape index (κ1) is 26.4. The normalized spacial score (nSPS) is 23.5. The highest BCUT2D eigenvalue weighted by molar-refractivity contribution is 6.08. The molecule has 3 amide bonds. The number of amides is 3. The molecule has 0 bridgehead atoms. The number of nitrogens with one attached hydrogen (secondary N) is 2. The zero-order valence-corrected chi connectivity index (χ0v) is 22.8. The molecular formula is C31H40N4O3. The van der Waals surface area contributed by atoms with E-state index in [1.807, 2.05) is 73.2 Å². The van der Waals surface area contributed by atoms with E-state index in [0.29, 0.717) is 25.6 Å². The summed E-state index contributed by atoms with van der Waals surface area (Å²) in [5.41, 5.74) is 2.69. The van der Waals surface area contributed by atoms with Crippen LogP contribution in [-0.4, -0.2) is 60.9 Å². The Morgan fingerprint density at radius 2 is 1.66 bits per heavy atom. The summed E-state index contributed by atoms with van der Waals surface area (Å²) >= 11 is 0. The van der Waals surface area contributed by atoms with Gasteiger partial charge >= 0.3 is 0 Å². The summed E-state index contributed by atoms with van der Waals surface area (Å²) in [5.74, 6) is 0.0802. The number of anilines is 1. The van der Waals surface area contributed by atoms with Gasteiger partial charge in [0.25, 0.3) is 0 Å². The number of hydrogen-bond acceptors (Lipinski definition) is 4. The third kappa shape index (κ3) is 5.08. The second kappa shape index (κ2) is 10.9. The van der Waals surface area contributed by atoms with Crippen LogP contribution < -0.4 is 15.5 Å². The average Bonchev–Trinajstić information content (AvgIpc) is 3.11. The number of benzene rings is 2. The van der Waals surface area contributed by atoms with Crippen LogP contribution in [0, 0.1) is 5.92 Å². The van der Waals surface area contributed by atoms with Gasteiger partial charge in [0.05, 0.1) is 5.41 Å². The first-order valence-electron chi connectivity index (χ1n) is 14.0. The topological polar surface area (TPSA) is 81.8 Å². The zero-order chi connectivity index (χ0) is 26.9. The van der Waals surface area contributed by atoms with Gasteiger partial charge in [0.2, 0.25) is 17.7 Å². The summed E-state index contributed by atoms with van der Waals surface area (Å²) in [6, 6.07) is 18.1. The molecule has 38 heavy (non-hydrogen) atoms. The molecule has 0 radical (unpaired) electrons. The molecule has 2 aliphatic heterocycles. The summed E-state index contributed by atoms with van der Waals surface area (Å²) in [7, 11) is 1.92. The highest BCUT2D eigenvalue weighted by atomic mass is 16.2. The smallest absolute Gasteiger partial charge is 0.245 e. The molecule has 7 heteroatoms. The minimum Gasteiger partial charge on any atom is -0.344 e.